The second kappa shape index (κ2) is 10.4. The molecule has 1 aromatic heterocycles. The number of likely N-dealkylation sites (tertiary alicyclic amines) is 1. The van der Waals surface area contributed by atoms with Crippen LogP contribution in [0.4, 0.5) is 9.18 Å². The number of ether oxygens (including phenoxy) is 2. The average Bonchev–Trinajstić information content (AvgIpc) is 3.42. The van der Waals surface area contributed by atoms with Gasteiger partial charge in [-0.1, -0.05) is 13.8 Å². The van der Waals surface area contributed by atoms with E-state index in [4.69, 9.17) is 14.7 Å². The van der Waals surface area contributed by atoms with Crippen molar-refractivity contribution in [1.29, 1.82) is 10.5 Å². The lowest BCUT2D eigenvalue weighted by atomic mass is 10.1. The molecule has 1 aliphatic carbocycles. The minimum Gasteiger partial charge on any atom is -0.486 e. The van der Waals surface area contributed by atoms with E-state index in [9.17, 15) is 14.4 Å². The van der Waals surface area contributed by atoms with Crippen molar-refractivity contribution in [2.45, 2.75) is 64.7 Å². The molecule has 2 aromatic rings. The van der Waals surface area contributed by atoms with E-state index in [1.165, 1.54) is 12.1 Å². The highest BCUT2D eigenvalue weighted by molar-refractivity contribution is 5.68. The summed E-state index contributed by atoms with van der Waals surface area (Å²) in [7, 11) is 0. The molecule has 0 unspecified atom stereocenters. The van der Waals surface area contributed by atoms with E-state index in [-0.39, 0.29) is 35.7 Å². The zero-order chi connectivity index (χ0) is 24.0. The predicted molar refractivity (Wildman–Crippen MR) is 118 cm³/mol. The smallest absolute Gasteiger partial charge is 0.410 e. The number of piperidine rings is 1. The fraction of sp³-hybridized carbons (Fsp3) is 0.500. The summed E-state index contributed by atoms with van der Waals surface area (Å²) >= 11 is 0. The highest BCUT2D eigenvalue weighted by Gasteiger charge is 2.43. The van der Waals surface area contributed by atoms with Gasteiger partial charge in [0.15, 0.2) is 11.6 Å². The van der Waals surface area contributed by atoms with Crippen LogP contribution < -0.4 is 4.74 Å². The summed E-state index contributed by atoms with van der Waals surface area (Å²) in [6.07, 6.45) is 4.41. The second-order valence-electron chi connectivity index (χ2n) is 8.16. The lowest BCUT2D eigenvalue weighted by Gasteiger charge is -2.32. The van der Waals surface area contributed by atoms with Crippen molar-refractivity contribution in [3.8, 4) is 17.9 Å². The minimum atomic E-state index is -0.635. The molecule has 4 rings (SSSR count). The molecule has 174 valence electrons. The van der Waals surface area contributed by atoms with Crippen LogP contribution >= 0.6 is 0 Å². The SMILES string of the molecule is CC.CC1(OC(=O)N2CCC(n3ncc(COc4ccc(C#N)cc4F)c3C#N)CC2)CC1. The van der Waals surface area contributed by atoms with Crippen molar-refractivity contribution in [3.63, 3.8) is 0 Å². The van der Waals surface area contributed by atoms with Crippen LogP contribution in [0.3, 0.4) is 0 Å². The molecule has 1 amide bonds. The summed E-state index contributed by atoms with van der Waals surface area (Å²) in [5, 5.41) is 22.8. The van der Waals surface area contributed by atoms with Crippen molar-refractivity contribution in [3.05, 3.63) is 47.0 Å². The molecule has 0 bridgehead atoms. The van der Waals surface area contributed by atoms with Gasteiger partial charge in [-0.3, -0.25) is 4.68 Å². The summed E-state index contributed by atoms with van der Waals surface area (Å²) in [6, 6.07) is 7.97. The molecule has 1 aromatic carbocycles. The number of carbonyl (C=O) groups is 1. The average molecular weight is 454 g/mol. The number of carbonyl (C=O) groups excluding carboxylic acids is 1. The Labute approximate surface area is 193 Å². The fourth-order valence-electron chi connectivity index (χ4n) is 3.59. The van der Waals surface area contributed by atoms with E-state index in [1.807, 2.05) is 26.8 Å². The first kappa shape index (κ1) is 24.1. The number of nitrogens with zero attached hydrogens (tertiary/aromatic N) is 5. The first-order valence-electron chi connectivity index (χ1n) is 11.2. The van der Waals surface area contributed by atoms with E-state index in [0.29, 0.717) is 37.2 Å². The summed E-state index contributed by atoms with van der Waals surface area (Å²) in [6.45, 7) is 6.99. The van der Waals surface area contributed by atoms with E-state index < -0.39 is 5.82 Å². The molecular formula is C24H28FN5O3. The van der Waals surface area contributed by atoms with Crippen molar-refractivity contribution < 1.29 is 18.7 Å². The standard InChI is InChI=1S/C22H22FN5O3.C2H6/c1-22(6-7-22)31-21(29)27-8-4-17(5-9-27)28-19(12-25)16(13-26-28)14-30-20-3-2-15(11-24)10-18(20)23;1-2/h2-3,10,13,17H,4-9,14H2,1H3;1-2H3. The van der Waals surface area contributed by atoms with Gasteiger partial charge in [-0.2, -0.15) is 15.6 Å². The molecular weight excluding hydrogens is 425 g/mol. The molecule has 1 aliphatic heterocycles. The summed E-state index contributed by atoms with van der Waals surface area (Å²) in [5.41, 5.74) is 0.819. The van der Waals surface area contributed by atoms with Crippen LogP contribution in [-0.2, 0) is 11.3 Å². The van der Waals surface area contributed by atoms with Gasteiger partial charge in [0.1, 0.15) is 24.0 Å². The largest absolute Gasteiger partial charge is 0.486 e. The molecule has 33 heavy (non-hydrogen) atoms. The number of hydrogen-bond acceptors (Lipinski definition) is 6. The maximum absolute atomic E-state index is 14.0. The third-order valence-electron chi connectivity index (χ3n) is 5.78. The number of halogens is 1. The number of nitriles is 2. The zero-order valence-corrected chi connectivity index (χ0v) is 19.2. The topological polar surface area (TPSA) is 104 Å². The Morgan fingerprint density at radius 1 is 1.24 bits per heavy atom. The van der Waals surface area contributed by atoms with Gasteiger partial charge in [0, 0.05) is 18.7 Å². The number of hydrogen-bond donors (Lipinski definition) is 0. The quantitative estimate of drug-likeness (QED) is 0.650. The molecule has 0 N–H and O–H groups in total. The maximum atomic E-state index is 14.0. The highest BCUT2D eigenvalue weighted by Crippen LogP contribution is 2.39. The Morgan fingerprint density at radius 3 is 2.52 bits per heavy atom. The Morgan fingerprint density at radius 2 is 1.94 bits per heavy atom. The number of benzene rings is 1. The molecule has 0 radical (unpaired) electrons. The summed E-state index contributed by atoms with van der Waals surface area (Å²) < 4.78 is 26.7. The van der Waals surface area contributed by atoms with Crippen LogP contribution in [-0.4, -0.2) is 39.5 Å². The van der Waals surface area contributed by atoms with E-state index in [0.717, 1.165) is 18.9 Å². The van der Waals surface area contributed by atoms with Gasteiger partial charge in [0.25, 0.3) is 0 Å². The Kier molecular flexibility index (Phi) is 7.55. The fourth-order valence-corrected chi connectivity index (χ4v) is 3.59. The molecule has 8 nitrogen and oxygen atoms in total. The van der Waals surface area contributed by atoms with Crippen LogP contribution in [0.15, 0.2) is 24.4 Å². The van der Waals surface area contributed by atoms with Gasteiger partial charge >= 0.3 is 6.09 Å². The van der Waals surface area contributed by atoms with Crippen LogP contribution in [0.1, 0.15) is 69.3 Å². The number of rotatable bonds is 5. The first-order valence-corrected chi connectivity index (χ1v) is 11.2. The predicted octanol–water partition coefficient (Wildman–Crippen LogP) is 4.70. The summed E-state index contributed by atoms with van der Waals surface area (Å²) in [4.78, 5) is 14.0. The van der Waals surface area contributed by atoms with E-state index in [2.05, 4.69) is 11.2 Å². The Hall–Kier alpha value is -3.59. The molecule has 2 aliphatic rings. The number of aromatic nitrogens is 2. The highest BCUT2D eigenvalue weighted by atomic mass is 19.1. The van der Waals surface area contributed by atoms with Gasteiger partial charge < -0.3 is 14.4 Å². The molecule has 9 heteroatoms. The monoisotopic (exact) mass is 453 g/mol. The van der Waals surface area contributed by atoms with Gasteiger partial charge in [0.05, 0.1) is 23.9 Å². The van der Waals surface area contributed by atoms with E-state index in [1.54, 1.807) is 15.8 Å². The molecule has 2 heterocycles. The molecule has 1 saturated heterocycles. The first-order chi connectivity index (χ1) is 15.9. The van der Waals surface area contributed by atoms with Gasteiger partial charge in [-0.05, 0) is 50.8 Å². The number of amides is 1. The molecule has 2 fully saturated rings. The normalized spacial score (nSPS) is 16.6. The lowest BCUT2D eigenvalue weighted by molar-refractivity contribution is 0.0489. The third kappa shape index (κ3) is 5.61. The van der Waals surface area contributed by atoms with E-state index >= 15 is 0 Å². The summed E-state index contributed by atoms with van der Waals surface area (Å²) in [5.74, 6) is -0.629. The Balaban J connectivity index is 0.00000149. The van der Waals surface area contributed by atoms with Crippen LogP contribution in [0.2, 0.25) is 0 Å². The van der Waals surface area contributed by atoms with Gasteiger partial charge in [-0.25, -0.2) is 9.18 Å². The van der Waals surface area contributed by atoms with Crippen LogP contribution in [0, 0.1) is 28.5 Å². The van der Waals surface area contributed by atoms with Gasteiger partial charge in [-0.15, -0.1) is 0 Å². The van der Waals surface area contributed by atoms with Crippen molar-refractivity contribution >= 4 is 6.09 Å². The van der Waals surface area contributed by atoms with Crippen molar-refractivity contribution in [1.82, 2.24) is 14.7 Å². The van der Waals surface area contributed by atoms with Crippen molar-refractivity contribution in [2.75, 3.05) is 13.1 Å². The lowest BCUT2D eigenvalue weighted by Crippen LogP contribution is -2.41. The molecule has 0 atom stereocenters. The second-order valence-corrected chi connectivity index (χ2v) is 8.16. The minimum absolute atomic E-state index is 0.00631. The third-order valence-corrected chi connectivity index (χ3v) is 5.78. The van der Waals surface area contributed by atoms with Crippen molar-refractivity contribution in [2.24, 2.45) is 0 Å². The maximum Gasteiger partial charge on any atom is 0.410 e. The molecule has 0 spiro atoms. The molecule has 1 saturated carbocycles. The van der Waals surface area contributed by atoms with Crippen LogP contribution in [0.5, 0.6) is 5.75 Å². The van der Waals surface area contributed by atoms with Crippen LogP contribution in [0.25, 0.3) is 0 Å². The Bertz CT molecular complexity index is 1070. The van der Waals surface area contributed by atoms with Gasteiger partial charge in [0.2, 0.25) is 0 Å². The zero-order valence-electron chi connectivity index (χ0n) is 19.2.